The first-order valence-corrected chi connectivity index (χ1v) is 11.6. The molecule has 0 fully saturated rings. The van der Waals surface area contributed by atoms with E-state index >= 15 is 0 Å². The molecule has 0 bridgehead atoms. The quantitative estimate of drug-likeness (QED) is 0.645. The minimum absolute atomic E-state index is 0.0335. The Labute approximate surface area is 206 Å². The van der Waals surface area contributed by atoms with Gasteiger partial charge >= 0.3 is 0 Å². The molecule has 2 aromatic rings. The van der Waals surface area contributed by atoms with Crippen molar-refractivity contribution in [2.24, 2.45) is 5.92 Å². The first-order valence-electron chi connectivity index (χ1n) is 11.6. The molecule has 0 unspecified atom stereocenters. The Bertz CT molecular complexity index is 1100. The van der Waals surface area contributed by atoms with E-state index in [0.29, 0.717) is 29.8 Å². The summed E-state index contributed by atoms with van der Waals surface area (Å²) in [5, 5.41) is 18.9. The number of carbonyl (C=O) groups is 2. The Hall–Kier alpha value is -3.48. The summed E-state index contributed by atoms with van der Waals surface area (Å²) in [6, 6.07) is 10.5. The molecule has 0 aliphatic carbocycles. The Morgan fingerprint density at radius 1 is 1.29 bits per heavy atom. The molecule has 2 amide bonds. The van der Waals surface area contributed by atoms with Gasteiger partial charge in [0.15, 0.2) is 0 Å². The van der Waals surface area contributed by atoms with Crippen LogP contribution in [0.3, 0.4) is 0 Å². The van der Waals surface area contributed by atoms with Crippen LogP contribution in [0.5, 0.6) is 5.88 Å². The number of rotatable bonds is 7. The van der Waals surface area contributed by atoms with Crippen LogP contribution in [0.1, 0.15) is 29.8 Å². The molecule has 9 nitrogen and oxygen atoms in total. The fourth-order valence-corrected chi connectivity index (χ4v) is 3.98. The summed E-state index contributed by atoms with van der Waals surface area (Å²) in [4.78, 5) is 35.7. The molecule has 1 N–H and O–H groups in total. The number of pyridine rings is 1. The molecule has 0 radical (unpaired) electrons. The summed E-state index contributed by atoms with van der Waals surface area (Å²) in [5.41, 5.74) is 2.37. The van der Waals surface area contributed by atoms with Crippen molar-refractivity contribution in [1.29, 1.82) is 5.26 Å². The van der Waals surface area contributed by atoms with Crippen molar-refractivity contribution in [3.63, 3.8) is 0 Å². The van der Waals surface area contributed by atoms with E-state index in [9.17, 15) is 14.7 Å². The van der Waals surface area contributed by atoms with E-state index in [0.717, 1.165) is 5.56 Å². The van der Waals surface area contributed by atoms with Gasteiger partial charge in [-0.05, 0) is 44.8 Å². The molecule has 0 saturated heterocycles. The third-order valence-corrected chi connectivity index (χ3v) is 6.20. The molecule has 0 spiro atoms. The summed E-state index contributed by atoms with van der Waals surface area (Å²) in [7, 11) is 5.42. The maximum atomic E-state index is 13.6. The maximum absolute atomic E-state index is 13.6. The van der Waals surface area contributed by atoms with E-state index < -0.39 is 12.1 Å². The van der Waals surface area contributed by atoms with Crippen LogP contribution in [-0.4, -0.2) is 96.1 Å². The van der Waals surface area contributed by atoms with Gasteiger partial charge in [-0.1, -0.05) is 19.1 Å². The molecule has 1 aliphatic rings. The maximum Gasteiger partial charge on any atom is 0.259 e. The number of aliphatic hydroxyl groups is 1. The summed E-state index contributed by atoms with van der Waals surface area (Å²) >= 11 is 0. The van der Waals surface area contributed by atoms with Crippen molar-refractivity contribution in [2.45, 2.75) is 26.0 Å². The van der Waals surface area contributed by atoms with Crippen molar-refractivity contribution in [3.8, 4) is 23.1 Å². The summed E-state index contributed by atoms with van der Waals surface area (Å²) in [6.07, 6.45) is 1.23. The zero-order valence-electron chi connectivity index (χ0n) is 20.9. The highest BCUT2D eigenvalue weighted by atomic mass is 16.5. The van der Waals surface area contributed by atoms with Gasteiger partial charge in [-0.25, -0.2) is 4.98 Å². The predicted molar refractivity (Wildman–Crippen MR) is 132 cm³/mol. The number of aliphatic hydroxyl groups excluding tert-OH is 1. The van der Waals surface area contributed by atoms with Crippen molar-refractivity contribution >= 4 is 11.8 Å². The molecule has 186 valence electrons. The molecule has 0 saturated carbocycles. The molecule has 3 atom stereocenters. The number of likely N-dealkylation sites (N-methyl/N-ethyl adjacent to an activating group) is 2. The summed E-state index contributed by atoms with van der Waals surface area (Å²) in [5.74, 6) is -0.219. The largest absolute Gasteiger partial charge is 0.472 e. The Morgan fingerprint density at radius 3 is 2.57 bits per heavy atom. The van der Waals surface area contributed by atoms with Gasteiger partial charge in [-0.15, -0.1) is 0 Å². The van der Waals surface area contributed by atoms with Gasteiger partial charge in [0.05, 0.1) is 37.4 Å². The zero-order valence-corrected chi connectivity index (χ0v) is 20.9. The van der Waals surface area contributed by atoms with Crippen molar-refractivity contribution < 1.29 is 19.4 Å². The topological polar surface area (TPSA) is 110 Å². The highest BCUT2D eigenvalue weighted by Gasteiger charge is 2.34. The Balaban J connectivity index is 1.99. The Kier molecular flexibility index (Phi) is 8.43. The number of benzene rings is 1. The summed E-state index contributed by atoms with van der Waals surface area (Å²) in [6.45, 7) is 4.57. The van der Waals surface area contributed by atoms with Crippen LogP contribution in [-0.2, 0) is 4.79 Å². The molecule has 35 heavy (non-hydrogen) atoms. The lowest BCUT2D eigenvalue weighted by molar-refractivity contribution is -0.132. The molecule has 3 rings (SSSR count). The van der Waals surface area contributed by atoms with Crippen LogP contribution >= 0.6 is 0 Å². The fraction of sp³-hybridized carbons (Fsp3) is 0.462. The van der Waals surface area contributed by atoms with Gasteiger partial charge in [0.2, 0.25) is 11.8 Å². The second-order valence-electron chi connectivity index (χ2n) is 9.40. The van der Waals surface area contributed by atoms with Gasteiger partial charge < -0.3 is 24.5 Å². The smallest absolute Gasteiger partial charge is 0.259 e. The van der Waals surface area contributed by atoms with Gasteiger partial charge in [-0.2, -0.15) is 5.26 Å². The number of nitriles is 1. The van der Waals surface area contributed by atoms with Crippen LogP contribution in [0.25, 0.3) is 11.1 Å². The lowest BCUT2D eigenvalue weighted by Crippen LogP contribution is -2.51. The van der Waals surface area contributed by atoms with Crippen LogP contribution in [0.2, 0.25) is 0 Å². The second kappa shape index (κ2) is 11.3. The highest BCUT2D eigenvalue weighted by molar-refractivity contribution is 5.98. The molecule has 1 aromatic heterocycles. The van der Waals surface area contributed by atoms with E-state index in [1.807, 2.05) is 25.9 Å². The SMILES string of the molecule is C[C@@H]1CN([C@H](C)CO)C(=O)c2cc(-c3ccc(C#N)cc3)cnc2O[C@H]1CN(C)C(=O)CN(C)C. The number of nitrogens with zero attached hydrogens (tertiary/aromatic N) is 5. The lowest BCUT2D eigenvalue weighted by Gasteiger charge is -2.37. The molecule has 1 aromatic carbocycles. The van der Waals surface area contributed by atoms with Gasteiger partial charge in [0.25, 0.3) is 5.91 Å². The first kappa shape index (κ1) is 26.1. The molecule has 9 heteroatoms. The predicted octanol–water partition coefficient (Wildman–Crippen LogP) is 1.86. The zero-order chi connectivity index (χ0) is 25.7. The van der Waals surface area contributed by atoms with Crippen molar-refractivity contribution in [3.05, 3.63) is 47.7 Å². The average Bonchev–Trinajstić information content (AvgIpc) is 2.85. The lowest BCUT2D eigenvalue weighted by atomic mass is 9.99. The van der Waals surface area contributed by atoms with Gasteiger partial charge in [0.1, 0.15) is 11.7 Å². The first-order chi connectivity index (χ1) is 16.6. The highest BCUT2D eigenvalue weighted by Crippen LogP contribution is 2.30. The third-order valence-electron chi connectivity index (χ3n) is 6.20. The van der Waals surface area contributed by atoms with E-state index in [-0.39, 0.29) is 36.8 Å². The van der Waals surface area contributed by atoms with Crippen LogP contribution < -0.4 is 4.74 Å². The van der Waals surface area contributed by atoms with Crippen LogP contribution in [0, 0.1) is 17.2 Å². The van der Waals surface area contributed by atoms with Crippen molar-refractivity contribution in [1.82, 2.24) is 19.7 Å². The van der Waals surface area contributed by atoms with Crippen molar-refractivity contribution in [2.75, 3.05) is 47.4 Å². The number of carbonyl (C=O) groups excluding carboxylic acids is 2. The number of ether oxygens (including phenoxy) is 1. The molecule has 1 aliphatic heterocycles. The normalized spacial score (nSPS) is 18.7. The van der Waals surface area contributed by atoms with Gasteiger partial charge in [-0.3, -0.25) is 9.59 Å². The molecular formula is C26H33N5O4. The van der Waals surface area contributed by atoms with Crippen LogP contribution in [0.15, 0.2) is 36.5 Å². The van der Waals surface area contributed by atoms with Gasteiger partial charge in [0, 0.05) is 31.3 Å². The van der Waals surface area contributed by atoms with Crippen LogP contribution in [0.4, 0.5) is 0 Å². The van der Waals surface area contributed by atoms with E-state index in [1.165, 1.54) is 0 Å². The number of fused-ring (bicyclic) bond motifs is 1. The standard InChI is InChI=1S/C26H33N5O4/c1-17-13-31(18(2)16-32)26(34)22-10-21(20-8-6-19(11-27)7-9-20)12-28-25(22)35-23(17)14-30(5)24(33)15-29(3)4/h6-10,12,17-18,23,32H,13-16H2,1-5H3/t17-,18-,23+/m1/s1. The Morgan fingerprint density at radius 2 is 1.97 bits per heavy atom. The number of hydrogen-bond donors (Lipinski definition) is 1. The third kappa shape index (κ3) is 6.15. The number of hydrogen-bond acceptors (Lipinski definition) is 7. The molecule has 2 heterocycles. The van der Waals surface area contributed by atoms with E-state index in [2.05, 4.69) is 11.1 Å². The van der Waals surface area contributed by atoms with E-state index in [1.54, 1.807) is 60.3 Å². The fourth-order valence-electron chi connectivity index (χ4n) is 3.98. The minimum Gasteiger partial charge on any atom is -0.472 e. The molecular weight excluding hydrogens is 446 g/mol. The monoisotopic (exact) mass is 479 g/mol. The average molecular weight is 480 g/mol. The second-order valence-corrected chi connectivity index (χ2v) is 9.40. The number of aromatic nitrogens is 1. The minimum atomic E-state index is -0.403. The summed E-state index contributed by atoms with van der Waals surface area (Å²) < 4.78 is 6.26. The number of amides is 2. The van der Waals surface area contributed by atoms with E-state index in [4.69, 9.17) is 10.00 Å².